The van der Waals surface area contributed by atoms with Crippen molar-refractivity contribution >= 4 is 30.0 Å². The minimum absolute atomic E-state index is 0.167. The van der Waals surface area contributed by atoms with Gasteiger partial charge in [-0.2, -0.15) is 0 Å². The highest BCUT2D eigenvalue weighted by molar-refractivity contribution is 8.55. The average Bonchev–Trinajstić information content (AvgIpc) is 2.94. The number of hydrogen-bond donors (Lipinski definition) is 0. The van der Waals surface area contributed by atoms with Crippen LogP contribution in [-0.4, -0.2) is 42.2 Å². The van der Waals surface area contributed by atoms with Crippen molar-refractivity contribution in [3.8, 4) is 0 Å². The van der Waals surface area contributed by atoms with Crippen LogP contribution in [0.1, 0.15) is 79.5 Å². The lowest BCUT2D eigenvalue weighted by molar-refractivity contribution is 0.0651. The van der Waals surface area contributed by atoms with E-state index in [0.29, 0.717) is 30.9 Å². The predicted molar refractivity (Wildman–Crippen MR) is 117 cm³/mol. The fraction of sp³-hybridized carbons (Fsp3) is 0.619. The summed E-state index contributed by atoms with van der Waals surface area (Å²) >= 11 is 1.30. The van der Waals surface area contributed by atoms with Gasteiger partial charge in [-0.1, -0.05) is 44.2 Å². The summed E-state index contributed by atoms with van der Waals surface area (Å²) in [5.41, 5.74) is 1.04. The van der Waals surface area contributed by atoms with E-state index in [0.717, 1.165) is 50.7 Å². The third-order valence-corrected chi connectivity index (χ3v) is 8.79. The van der Waals surface area contributed by atoms with E-state index in [1.165, 1.54) is 16.3 Å². The Labute approximate surface area is 178 Å². The van der Waals surface area contributed by atoms with Gasteiger partial charge in [0.15, 0.2) is 0 Å². The molecule has 0 N–H and O–H groups in total. The van der Waals surface area contributed by atoms with Crippen LogP contribution in [0.4, 0.5) is 0 Å². The maximum Gasteiger partial charge on any atom is 0.389 e. The number of nitrogens with zero attached hydrogens (tertiary/aromatic N) is 1. The van der Waals surface area contributed by atoms with Gasteiger partial charge in [-0.15, -0.1) is 0 Å². The molecule has 1 aliphatic rings. The second-order valence-electron chi connectivity index (χ2n) is 6.90. The predicted octanol–water partition coefficient (Wildman–Crippen LogP) is 5.93. The lowest BCUT2D eigenvalue weighted by Gasteiger charge is -2.15. The van der Waals surface area contributed by atoms with Crippen LogP contribution in [0, 0.1) is 0 Å². The maximum atomic E-state index is 12.3. The van der Waals surface area contributed by atoms with E-state index < -0.39 is 6.80 Å². The van der Waals surface area contributed by atoms with E-state index >= 15 is 0 Å². The summed E-state index contributed by atoms with van der Waals surface area (Å²) in [6.07, 6.45) is 7.27. The number of rotatable bonds is 15. The molecule has 1 aliphatic heterocycles. The fourth-order valence-corrected chi connectivity index (χ4v) is 6.85. The number of unbranched alkanes of at least 4 members (excludes halogenated alkanes) is 6. The first-order valence-electron chi connectivity index (χ1n) is 10.5. The smallest absolute Gasteiger partial charge is 0.301 e. The topological polar surface area (TPSA) is 72.9 Å². The van der Waals surface area contributed by atoms with Gasteiger partial charge in [0.25, 0.3) is 11.8 Å². The van der Waals surface area contributed by atoms with Gasteiger partial charge < -0.3 is 9.05 Å². The van der Waals surface area contributed by atoms with E-state index in [9.17, 15) is 14.2 Å². The van der Waals surface area contributed by atoms with Crippen molar-refractivity contribution in [3.05, 3.63) is 35.4 Å². The van der Waals surface area contributed by atoms with Gasteiger partial charge in [0, 0.05) is 12.3 Å². The minimum atomic E-state index is -2.98. The molecule has 29 heavy (non-hydrogen) atoms. The third kappa shape index (κ3) is 7.25. The second-order valence-corrected chi connectivity index (χ2v) is 11.1. The number of amides is 2. The molecule has 1 heterocycles. The summed E-state index contributed by atoms with van der Waals surface area (Å²) in [4.78, 5) is 26.0. The highest BCUT2D eigenvalue weighted by Gasteiger charge is 2.34. The van der Waals surface area contributed by atoms with Crippen molar-refractivity contribution in [2.45, 2.75) is 58.8 Å². The summed E-state index contributed by atoms with van der Waals surface area (Å²) in [6, 6.07) is 7.02. The number of imide groups is 1. The maximum absolute atomic E-state index is 12.3. The van der Waals surface area contributed by atoms with Crippen molar-refractivity contribution < 1.29 is 23.2 Å². The number of fused-ring (bicyclic) bond motifs is 1. The molecule has 0 atom stereocenters. The van der Waals surface area contributed by atoms with Gasteiger partial charge in [-0.25, -0.2) is 4.57 Å². The Hall–Kier alpha value is -1.14. The number of benzene rings is 1. The Bertz CT molecular complexity index is 682. The summed E-state index contributed by atoms with van der Waals surface area (Å²) in [7, 11) is 0. The van der Waals surface area contributed by atoms with E-state index in [4.69, 9.17) is 9.05 Å². The Morgan fingerprint density at radius 3 is 1.83 bits per heavy atom. The SMILES string of the molecule is CCOP(=O)(OCC)SCCCCCCCCCN1C(=O)c2ccccc2C1=O. The quantitative estimate of drug-likeness (QED) is 0.191. The van der Waals surface area contributed by atoms with Gasteiger partial charge in [0.05, 0.1) is 24.3 Å². The number of carbonyl (C=O) groups excluding carboxylic acids is 2. The molecular weight excluding hydrogens is 409 g/mol. The van der Waals surface area contributed by atoms with E-state index in [2.05, 4.69) is 0 Å². The van der Waals surface area contributed by atoms with Gasteiger partial charge in [0.1, 0.15) is 0 Å². The highest BCUT2D eigenvalue weighted by Crippen LogP contribution is 2.60. The standard InChI is InChI=1S/C21H32NO5PS/c1-3-26-28(25,27-4-2)29-17-13-9-7-5-6-8-12-16-22-20(23)18-14-10-11-15-19(18)21(22)24/h10-11,14-15H,3-9,12-13,16-17H2,1-2H3. The molecule has 0 unspecified atom stereocenters. The molecule has 2 rings (SSSR count). The Kier molecular flexibility index (Phi) is 10.4. The summed E-state index contributed by atoms with van der Waals surface area (Å²) < 4.78 is 22.8. The molecule has 0 saturated carbocycles. The van der Waals surface area contributed by atoms with Crippen molar-refractivity contribution in [1.29, 1.82) is 0 Å². The Morgan fingerprint density at radius 1 is 0.828 bits per heavy atom. The first-order chi connectivity index (χ1) is 14.0. The van der Waals surface area contributed by atoms with Gasteiger partial charge in [-0.3, -0.25) is 14.5 Å². The summed E-state index contributed by atoms with van der Waals surface area (Å²) in [5.74, 6) is 0.441. The molecule has 0 fully saturated rings. The average molecular weight is 442 g/mol. The molecular formula is C21H32NO5PS. The van der Waals surface area contributed by atoms with Gasteiger partial charge in [0.2, 0.25) is 0 Å². The van der Waals surface area contributed by atoms with Gasteiger partial charge in [-0.05, 0) is 50.2 Å². The molecule has 0 aromatic heterocycles. The summed E-state index contributed by atoms with van der Waals surface area (Å²) in [5, 5.41) is 0. The molecule has 0 spiro atoms. The van der Waals surface area contributed by atoms with E-state index in [-0.39, 0.29) is 11.8 Å². The molecule has 6 nitrogen and oxygen atoms in total. The van der Waals surface area contributed by atoms with Crippen LogP contribution in [0.15, 0.2) is 24.3 Å². The molecule has 0 bridgehead atoms. The normalized spacial score (nSPS) is 13.9. The van der Waals surface area contributed by atoms with Crippen LogP contribution >= 0.6 is 18.2 Å². The molecule has 0 saturated heterocycles. The van der Waals surface area contributed by atoms with Crippen molar-refractivity contribution in [3.63, 3.8) is 0 Å². The zero-order valence-electron chi connectivity index (χ0n) is 17.4. The number of carbonyl (C=O) groups is 2. The third-order valence-electron chi connectivity index (χ3n) is 4.73. The zero-order valence-corrected chi connectivity index (χ0v) is 19.1. The van der Waals surface area contributed by atoms with Crippen molar-refractivity contribution in [2.24, 2.45) is 0 Å². The molecule has 162 valence electrons. The van der Waals surface area contributed by atoms with Crippen molar-refractivity contribution in [2.75, 3.05) is 25.5 Å². The second kappa shape index (κ2) is 12.5. The van der Waals surface area contributed by atoms with Gasteiger partial charge >= 0.3 is 6.80 Å². The van der Waals surface area contributed by atoms with Crippen LogP contribution in [0.2, 0.25) is 0 Å². The highest BCUT2D eigenvalue weighted by atomic mass is 32.7. The van der Waals surface area contributed by atoms with Crippen LogP contribution in [0.25, 0.3) is 0 Å². The number of hydrogen-bond acceptors (Lipinski definition) is 6. The van der Waals surface area contributed by atoms with Crippen LogP contribution in [0.3, 0.4) is 0 Å². The fourth-order valence-electron chi connectivity index (χ4n) is 3.30. The molecule has 0 aliphatic carbocycles. The van der Waals surface area contributed by atoms with E-state index in [1.807, 2.05) is 13.8 Å². The summed E-state index contributed by atoms with van der Waals surface area (Å²) in [6.45, 7) is 1.95. The monoisotopic (exact) mass is 441 g/mol. The zero-order chi connectivity index (χ0) is 21.1. The first kappa shape index (κ1) is 24.1. The lowest BCUT2D eigenvalue weighted by Crippen LogP contribution is -2.30. The molecule has 1 aromatic carbocycles. The Morgan fingerprint density at radius 2 is 1.31 bits per heavy atom. The van der Waals surface area contributed by atoms with Crippen LogP contribution in [0.5, 0.6) is 0 Å². The van der Waals surface area contributed by atoms with Crippen molar-refractivity contribution in [1.82, 2.24) is 4.90 Å². The lowest BCUT2D eigenvalue weighted by atomic mass is 10.1. The van der Waals surface area contributed by atoms with E-state index in [1.54, 1.807) is 24.3 Å². The largest absolute Gasteiger partial charge is 0.389 e. The molecule has 8 heteroatoms. The van der Waals surface area contributed by atoms with Crippen LogP contribution in [-0.2, 0) is 13.6 Å². The molecule has 0 radical (unpaired) electrons. The molecule has 2 amide bonds. The minimum Gasteiger partial charge on any atom is -0.301 e. The molecule has 1 aromatic rings. The Balaban J connectivity index is 1.51. The van der Waals surface area contributed by atoms with Crippen LogP contribution < -0.4 is 0 Å². The first-order valence-corrected chi connectivity index (χ1v) is 13.6.